The highest BCUT2D eigenvalue weighted by atomic mass is 35.5. The van der Waals surface area contributed by atoms with Crippen molar-refractivity contribution in [2.24, 2.45) is 0 Å². The van der Waals surface area contributed by atoms with Crippen LogP contribution in [0, 0.1) is 6.92 Å². The van der Waals surface area contributed by atoms with Gasteiger partial charge in [0.05, 0.1) is 0 Å². The normalized spacial score (nSPS) is 10.8. The van der Waals surface area contributed by atoms with E-state index in [0.29, 0.717) is 16.2 Å². The van der Waals surface area contributed by atoms with Crippen molar-refractivity contribution >= 4 is 28.4 Å². The van der Waals surface area contributed by atoms with Gasteiger partial charge in [0, 0.05) is 16.0 Å². The first-order valence-corrected chi connectivity index (χ1v) is 6.77. The Labute approximate surface area is 125 Å². The number of carbonyl (C=O) groups is 1. The molecule has 0 N–H and O–H groups in total. The second kappa shape index (κ2) is 5.19. The van der Waals surface area contributed by atoms with Crippen LogP contribution in [-0.4, -0.2) is 5.78 Å². The van der Waals surface area contributed by atoms with Crippen molar-refractivity contribution in [3.8, 4) is 0 Å². The molecule has 0 aliphatic rings. The molecule has 0 fully saturated rings. The van der Waals surface area contributed by atoms with Gasteiger partial charge < -0.3 is 4.42 Å². The third-order valence-corrected chi connectivity index (χ3v) is 3.49. The van der Waals surface area contributed by atoms with Gasteiger partial charge >= 0.3 is 5.63 Å². The molecule has 0 unspecified atom stereocenters. The molecular formula is C17H11ClO3. The fraction of sp³-hybridized carbons (Fsp3) is 0.0588. The molecule has 3 nitrogen and oxygen atoms in total. The summed E-state index contributed by atoms with van der Waals surface area (Å²) in [7, 11) is 0. The second-order valence-corrected chi connectivity index (χ2v) is 5.26. The van der Waals surface area contributed by atoms with Gasteiger partial charge in [0.2, 0.25) is 0 Å². The van der Waals surface area contributed by atoms with E-state index in [1.165, 1.54) is 0 Å². The van der Waals surface area contributed by atoms with Crippen LogP contribution in [0.5, 0.6) is 0 Å². The SMILES string of the molecule is Cc1ccc2oc(=O)c(C(=O)c3ccc(Cl)cc3)cc2c1. The molecule has 0 bridgehead atoms. The van der Waals surface area contributed by atoms with E-state index in [1.807, 2.05) is 19.1 Å². The molecule has 2 aromatic carbocycles. The van der Waals surface area contributed by atoms with Crippen molar-refractivity contribution < 1.29 is 9.21 Å². The monoisotopic (exact) mass is 298 g/mol. The van der Waals surface area contributed by atoms with Gasteiger partial charge in [-0.05, 0) is 49.4 Å². The Morgan fingerprint density at radius 1 is 1.05 bits per heavy atom. The van der Waals surface area contributed by atoms with E-state index in [-0.39, 0.29) is 11.3 Å². The lowest BCUT2D eigenvalue weighted by Gasteiger charge is -2.03. The molecule has 21 heavy (non-hydrogen) atoms. The number of benzene rings is 2. The van der Waals surface area contributed by atoms with Crippen LogP contribution in [0.1, 0.15) is 21.5 Å². The summed E-state index contributed by atoms with van der Waals surface area (Å²) in [4.78, 5) is 24.4. The summed E-state index contributed by atoms with van der Waals surface area (Å²) in [5, 5.41) is 1.26. The zero-order valence-corrected chi connectivity index (χ0v) is 12.0. The minimum atomic E-state index is -0.633. The first-order chi connectivity index (χ1) is 10.0. The Kier molecular flexibility index (Phi) is 3.35. The van der Waals surface area contributed by atoms with E-state index in [9.17, 15) is 9.59 Å². The molecular weight excluding hydrogens is 288 g/mol. The number of fused-ring (bicyclic) bond motifs is 1. The molecule has 0 aliphatic heterocycles. The average molecular weight is 299 g/mol. The zero-order chi connectivity index (χ0) is 15.0. The van der Waals surface area contributed by atoms with Gasteiger partial charge in [0.1, 0.15) is 11.1 Å². The highest BCUT2D eigenvalue weighted by Gasteiger charge is 2.15. The van der Waals surface area contributed by atoms with Crippen LogP contribution in [0.25, 0.3) is 11.0 Å². The van der Waals surface area contributed by atoms with Crippen LogP contribution in [0.2, 0.25) is 5.02 Å². The molecule has 0 saturated heterocycles. The largest absolute Gasteiger partial charge is 0.422 e. The van der Waals surface area contributed by atoms with Crippen molar-refractivity contribution in [2.45, 2.75) is 6.92 Å². The molecule has 3 rings (SSSR count). The van der Waals surface area contributed by atoms with Gasteiger partial charge in [-0.1, -0.05) is 23.2 Å². The molecule has 1 aromatic heterocycles. The maximum absolute atomic E-state index is 12.4. The molecule has 0 radical (unpaired) electrons. The summed E-state index contributed by atoms with van der Waals surface area (Å²) in [5.74, 6) is -0.371. The molecule has 0 spiro atoms. The zero-order valence-electron chi connectivity index (χ0n) is 11.2. The fourth-order valence-electron chi connectivity index (χ4n) is 2.16. The average Bonchev–Trinajstić information content (AvgIpc) is 2.47. The minimum absolute atomic E-state index is 0.0235. The number of hydrogen-bond acceptors (Lipinski definition) is 3. The van der Waals surface area contributed by atoms with Gasteiger partial charge in [-0.25, -0.2) is 4.79 Å². The van der Waals surface area contributed by atoms with Gasteiger partial charge in [0.15, 0.2) is 5.78 Å². The highest BCUT2D eigenvalue weighted by Crippen LogP contribution is 2.18. The van der Waals surface area contributed by atoms with Crippen LogP contribution in [0.15, 0.2) is 57.7 Å². The molecule has 0 aliphatic carbocycles. The second-order valence-electron chi connectivity index (χ2n) is 4.82. The molecule has 104 valence electrons. The third-order valence-electron chi connectivity index (χ3n) is 3.24. The van der Waals surface area contributed by atoms with E-state index in [1.54, 1.807) is 36.4 Å². The molecule has 0 saturated carbocycles. The van der Waals surface area contributed by atoms with E-state index >= 15 is 0 Å². The predicted octanol–water partition coefficient (Wildman–Crippen LogP) is 3.99. The highest BCUT2D eigenvalue weighted by molar-refractivity contribution is 6.30. The quantitative estimate of drug-likeness (QED) is 0.531. The maximum atomic E-state index is 12.4. The van der Waals surface area contributed by atoms with Crippen LogP contribution >= 0.6 is 11.6 Å². The third kappa shape index (κ3) is 2.60. The van der Waals surface area contributed by atoms with E-state index in [2.05, 4.69) is 0 Å². The van der Waals surface area contributed by atoms with Crippen molar-refractivity contribution in [3.63, 3.8) is 0 Å². The van der Waals surface area contributed by atoms with Crippen molar-refractivity contribution in [1.29, 1.82) is 0 Å². The Morgan fingerprint density at radius 3 is 2.48 bits per heavy atom. The Morgan fingerprint density at radius 2 is 1.76 bits per heavy atom. The van der Waals surface area contributed by atoms with Crippen LogP contribution < -0.4 is 5.63 Å². The van der Waals surface area contributed by atoms with Gasteiger partial charge in [-0.3, -0.25) is 4.79 Å². The summed E-state index contributed by atoms with van der Waals surface area (Å²) < 4.78 is 5.21. The summed E-state index contributed by atoms with van der Waals surface area (Å²) in [6.45, 7) is 1.94. The Hall–Kier alpha value is -2.39. The lowest BCUT2D eigenvalue weighted by Crippen LogP contribution is -2.14. The summed E-state index contributed by atoms with van der Waals surface area (Å²) in [5.41, 5.74) is 1.29. The van der Waals surface area contributed by atoms with Gasteiger partial charge in [-0.2, -0.15) is 0 Å². The molecule has 1 heterocycles. The lowest BCUT2D eigenvalue weighted by atomic mass is 10.0. The number of ketones is 1. The molecule has 0 atom stereocenters. The smallest absolute Gasteiger partial charge is 0.347 e. The first-order valence-electron chi connectivity index (χ1n) is 6.39. The topological polar surface area (TPSA) is 47.3 Å². The van der Waals surface area contributed by atoms with E-state index < -0.39 is 5.63 Å². The lowest BCUT2D eigenvalue weighted by molar-refractivity contribution is 0.103. The van der Waals surface area contributed by atoms with Gasteiger partial charge in [-0.15, -0.1) is 0 Å². The summed E-state index contributed by atoms with van der Waals surface area (Å²) >= 11 is 5.80. The number of carbonyl (C=O) groups excluding carboxylic acids is 1. The summed E-state index contributed by atoms with van der Waals surface area (Å²) in [6, 6.07) is 13.4. The van der Waals surface area contributed by atoms with Crippen molar-refractivity contribution in [1.82, 2.24) is 0 Å². The molecule has 0 amide bonds. The maximum Gasteiger partial charge on any atom is 0.347 e. The predicted molar refractivity (Wildman–Crippen MR) is 82.1 cm³/mol. The number of hydrogen-bond donors (Lipinski definition) is 0. The number of rotatable bonds is 2. The van der Waals surface area contributed by atoms with E-state index in [4.69, 9.17) is 16.0 Å². The van der Waals surface area contributed by atoms with Crippen molar-refractivity contribution in [2.75, 3.05) is 0 Å². The first kappa shape index (κ1) is 13.6. The Bertz CT molecular complexity index is 892. The fourth-order valence-corrected chi connectivity index (χ4v) is 2.28. The molecule has 4 heteroatoms. The van der Waals surface area contributed by atoms with E-state index in [0.717, 1.165) is 10.9 Å². The minimum Gasteiger partial charge on any atom is -0.422 e. The Balaban J connectivity index is 2.15. The standard InChI is InChI=1S/C17H11ClO3/c1-10-2-7-15-12(8-10)9-14(17(20)21-15)16(19)11-3-5-13(18)6-4-11/h2-9H,1H3. The van der Waals surface area contributed by atoms with Crippen LogP contribution in [0.3, 0.4) is 0 Å². The van der Waals surface area contributed by atoms with Crippen LogP contribution in [-0.2, 0) is 0 Å². The van der Waals surface area contributed by atoms with Crippen molar-refractivity contribution in [3.05, 3.63) is 80.7 Å². The number of halogens is 1. The number of aryl methyl sites for hydroxylation is 1. The van der Waals surface area contributed by atoms with Crippen LogP contribution in [0.4, 0.5) is 0 Å². The van der Waals surface area contributed by atoms with Gasteiger partial charge in [0.25, 0.3) is 0 Å². The molecule has 3 aromatic rings. The summed E-state index contributed by atoms with van der Waals surface area (Å²) in [6.07, 6.45) is 0.